The molecule has 0 saturated heterocycles. The van der Waals surface area contributed by atoms with Crippen LogP contribution in [-0.4, -0.2) is 22.1 Å². The van der Waals surface area contributed by atoms with Crippen LogP contribution < -0.4 is 0 Å². The summed E-state index contributed by atoms with van der Waals surface area (Å²) in [6.07, 6.45) is 0.409. The van der Waals surface area contributed by atoms with Gasteiger partial charge in [-0.05, 0) is 11.8 Å². The zero-order valence-corrected chi connectivity index (χ0v) is 11.4. The van der Waals surface area contributed by atoms with Crippen LogP contribution >= 0.6 is 15.2 Å². The molecule has 7 heteroatoms. The fourth-order valence-electron chi connectivity index (χ4n) is 1.45. The monoisotopic (exact) mass is 258 g/mol. The molecule has 0 aliphatic heterocycles. The van der Waals surface area contributed by atoms with Crippen molar-refractivity contribution in [2.75, 3.05) is 12.3 Å². The normalized spacial score (nSPS) is 13.9. The first-order valence-electron chi connectivity index (χ1n) is 4.89. The molecule has 0 amide bonds. The van der Waals surface area contributed by atoms with Gasteiger partial charge < -0.3 is 9.79 Å². The first-order chi connectivity index (χ1) is 6.54. The minimum atomic E-state index is -4.66. The van der Waals surface area contributed by atoms with E-state index in [2.05, 4.69) is 4.31 Å². The van der Waals surface area contributed by atoms with Crippen LogP contribution in [0.4, 0.5) is 0 Å². The summed E-state index contributed by atoms with van der Waals surface area (Å²) in [5.74, 6) is 0.169. The van der Waals surface area contributed by atoms with Crippen molar-refractivity contribution in [3.8, 4) is 0 Å². The average Bonchev–Trinajstić information content (AvgIpc) is 1.73. The predicted octanol–water partition coefficient (Wildman–Crippen LogP) is 2.69. The summed E-state index contributed by atoms with van der Waals surface area (Å²) in [5.41, 5.74) is 0. The van der Waals surface area contributed by atoms with Crippen molar-refractivity contribution in [3.05, 3.63) is 0 Å². The van der Waals surface area contributed by atoms with Crippen molar-refractivity contribution in [1.82, 2.24) is 0 Å². The number of rotatable bonds is 6. The molecule has 15 heavy (non-hydrogen) atoms. The highest BCUT2D eigenvalue weighted by Gasteiger charge is 2.33. The van der Waals surface area contributed by atoms with Crippen LogP contribution in [0.3, 0.4) is 0 Å². The molecule has 0 aliphatic carbocycles. The van der Waals surface area contributed by atoms with Gasteiger partial charge in [-0.3, -0.25) is 4.57 Å². The fraction of sp³-hybridized carbons (Fsp3) is 1.00. The Hall–Kier alpha value is 0.340. The molecular formula is C8H20O5P2. The van der Waals surface area contributed by atoms with Crippen LogP contribution in [0.1, 0.15) is 27.7 Å². The lowest BCUT2D eigenvalue weighted by Crippen LogP contribution is -2.08. The van der Waals surface area contributed by atoms with Crippen LogP contribution in [0.2, 0.25) is 0 Å². The largest absolute Gasteiger partial charge is 0.475 e. The molecule has 0 fully saturated rings. The van der Waals surface area contributed by atoms with Gasteiger partial charge in [0.15, 0.2) is 0 Å². The third-order valence-corrected chi connectivity index (χ3v) is 6.16. The first-order valence-corrected chi connectivity index (χ1v) is 8.41. The molecule has 0 aromatic heterocycles. The third-order valence-electron chi connectivity index (χ3n) is 1.54. The van der Waals surface area contributed by atoms with Crippen molar-refractivity contribution in [2.45, 2.75) is 27.7 Å². The lowest BCUT2D eigenvalue weighted by Gasteiger charge is -2.22. The van der Waals surface area contributed by atoms with Crippen molar-refractivity contribution in [2.24, 2.45) is 11.8 Å². The molecule has 0 aromatic rings. The van der Waals surface area contributed by atoms with E-state index >= 15 is 0 Å². The fourth-order valence-corrected chi connectivity index (χ4v) is 5.91. The second-order valence-electron chi connectivity index (χ2n) is 4.54. The maximum absolute atomic E-state index is 12.1. The standard InChI is InChI=1S/C8H20O5P2/c1-7(2)5-14(9,6-8(3)4)13-15(10,11)12/h7-8H,5-6H2,1-4H3,(H2,10,11,12). The first kappa shape index (κ1) is 15.3. The maximum atomic E-state index is 12.1. The summed E-state index contributed by atoms with van der Waals surface area (Å²) < 4.78 is 27.3. The van der Waals surface area contributed by atoms with Gasteiger partial charge in [-0.25, -0.2) is 8.88 Å². The molecule has 0 spiro atoms. The molecular weight excluding hydrogens is 238 g/mol. The second-order valence-corrected chi connectivity index (χ2v) is 8.53. The van der Waals surface area contributed by atoms with Gasteiger partial charge in [0.2, 0.25) is 7.37 Å². The van der Waals surface area contributed by atoms with Crippen molar-refractivity contribution in [1.29, 1.82) is 0 Å². The van der Waals surface area contributed by atoms with Crippen molar-refractivity contribution >= 4 is 15.2 Å². The van der Waals surface area contributed by atoms with E-state index in [1.807, 2.05) is 27.7 Å². The molecule has 0 radical (unpaired) electrons. The highest BCUT2D eigenvalue weighted by atomic mass is 31.3. The van der Waals surface area contributed by atoms with Crippen LogP contribution in [0, 0.1) is 11.8 Å². The molecule has 0 saturated carbocycles. The molecule has 0 aromatic carbocycles. The van der Waals surface area contributed by atoms with Crippen LogP contribution in [-0.2, 0) is 13.4 Å². The summed E-state index contributed by atoms with van der Waals surface area (Å²) in [5, 5.41) is 0. The number of phosphoric acid groups is 1. The molecule has 0 aliphatic rings. The molecule has 0 rings (SSSR count). The van der Waals surface area contributed by atoms with E-state index in [9.17, 15) is 9.13 Å². The predicted molar refractivity (Wildman–Crippen MR) is 60.1 cm³/mol. The van der Waals surface area contributed by atoms with Gasteiger partial charge in [0, 0.05) is 12.3 Å². The van der Waals surface area contributed by atoms with E-state index < -0.39 is 15.2 Å². The summed E-state index contributed by atoms with van der Waals surface area (Å²) in [6, 6.07) is 0. The lowest BCUT2D eigenvalue weighted by atomic mass is 10.3. The summed E-state index contributed by atoms with van der Waals surface area (Å²) in [6.45, 7) is 7.37. The highest BCUT2D eigenvalue weighted by Crippen LogP contribution is 2.61. The topological polar surface area (TPSA) is 83.8 Å². The Morgan fingerprint density at radius 1 is 1.00 bits per heavy atom. The summed E-state index contributed by atoms with van der Waals surface area (Å²) in [4.78, 5) is 17.4. The van der Waals surface area contributed by atoms with Gasteiger partial charge in [0.1, 0.15) is 0 Å². The van der Waals surface area contributed by atoms with E-state index in [0.29, 0.717) is 0 Å². The van der Waals surface area contributed by atoms with Gasteiger partial charge >= 0.3 is 7.82 Å². The van der Waals surface area contributed by atoms with E-state index in [0.717, 1.165) is 0 Å². The Kier molecular flexibility index (Phi) is 5.73. The summed E-state index contributed by atoms with van der Waals surface area (Å²) in [7, 11) is -7.88. The van der Waals surface area contributed by atoms with E-state index in [-0.39, 0.29) is 24.2 Å². The minimum Gasteiger partial charge on any atom is -0.302 e. The SMILES string of the molecule is CC(C)CP(=O)(CC(C)C)OP(=O)(O)O. The molecule has 92 valence electrons. The van der Waals surface area contributed by atoms with E-state index in [1.165, 1.54) is 0 Å². The van der Waals surface area contributed by atoms with E-state index in [1.54, 1.807) is 0 Å². The Bertz CT molecular complexity index is 267. The Balaban J connectivity index is 4.71. The van der Waals surface area contributed by atoms with Gasteiger partial charge in [0.25, 0.3) is 0 Å². The third kappa shape index (κ3) is 8.18. The van der Waals surface area contributed by atoms with Gasteiger partial charge in [-0.15, -0.1) is 0 Å². The van der Waals surface area contributed by atoms with Gasteiger partial charge in [-0.1, -0.05) is 27.7 Å². The zero-order valence-electron chi connectivity index (χ0n) is 9.58. The second kappa shape index (κ2) is 5.60. The Labute approximate surface area is 90.9 Å². The van der Waals surface area contributed by atoms with E-state index in [4.69, 9.17) is 9.79 Å². The van der Waals surface area contributed by atoms with Crippen LogP contribution in [0.5, 0.6) is 0 Å². The lowest BCUT2D eigenvalue weighted by molar-refractivity contribution is 0.281. The highest BCUT2D eigenvalue weighted by molar-refractivity contribution is 7.67. The molecule has 0 atom stereocenters. The van der Waals surface area contributed by atoms with Crippen molar-refractivity contribution in [3.63, 3.8) is 0 Å². The number of hydrogen-bond donors (Lipinski definition) is 2. The Morgan fingerprint density at radius 3 is 1.53 bits per heavy atom. The van der Waals surface area contributed by atoms with Crippen molar-refractivity contribution < 1.29 is 23.2 Å². The van der Waals surface area contributed by atoms with Crippen LogP contribution in [0.15, 0.2) is 0 Å². The van der Waals surface area contributed by atoms with Gasteiger partial charge in [0.05, 0.1) is 0 Å². The molecule has 2 N–H and O–H groups in total. The average molecular weight is 258 g/mol. The molecule has 0 heterocycles. The quantitative estimate of drug-likeness (QED) is 0.715. The molecule has 5 nitrogen and oxygen atoms in total. The smallest absolute Gasteiger partial charge is 0.302 e. The number of hydrogen-bond acceptors (Lipinski definition) is 3. The molecule has 0 bridgehead atoms. The maximum Gasteiger partial charge on any atom is 0.475 e. The molecule has 0 unspecified atom stereocenters. The van der Waals surface area contributed by atoms with Gasteiger partial charge in [-0.2, -0.15) is 0 Å². The zero-order chi connectivity index (χ0) is 12.3. The minimum absolute atomic E-state index is 0.0844. The van der Waals surface area contributed by atoms with Crippen LogP contribution in [0.25, 0.3) is 0 Å². The summed E-state index contributed by atoms with van der Waals surface area (Å²) >= 11 is 0. The Morgan fingerprint density at radius 2 is 1.33 bits per heavy atom.